The zero-order valence-electron chi connectivity index (χ0n) is 23.2. The molecule has 0 aliphatic carbocycles. The Balaban J connectivity index is 1.35. The van der Waals surface area contributed by atoms with Gasteiger partial charge in [-0.2, -0.15) is 4.31 Å². The number of carbonyl (C=O) groups is 1. The minimum atomic E-state index is -3.99. The first-order valence-corrected chi connectivity index (χ1v) is 16.1. The lowest BCUT2D eigenvalue weighted by atomic mass is 10.1. The van der Waals surface area contributed by atoms with Gasteiger partial charge in [0, 0.05) is 16.6 Å². The molecule has 43 heavy (non-hydrogen) atoms. The third kappa shape index (κ3) is 7.63. The number of anilines is 1. The normalized spacial score (nSPS) is 16.1. The van der Waals surface area contributed by atoms with Crippen molar-refractivity contribution in [3.05, 3.63) is 106 Å². The molecule has 4 aromatic rings. The van der Waals surface area contributed by atoms with Crippen molar-refractivity contribution < 1.29 is 22.7 Å². The van der Waals surface area contributed by atoms with Gasteiger partial charge in [0.15, 0.2) is 0 Å². The second-order valence-corrected chi connectivity index (χ2v) is 13.0. The summed E-state index contributed by atoms with van der Waals surface area (Å²) < 4.78 is 41.9. The Labute approximate surface area is 258 Å². The van der Waals surface area contributed by atoms with Crippen LogP contribution in [0.4, 0.5) is 10.3 Å². The van der Waals surface area contributed by atoms with Gasteiger partial charge in [-0.15, -0.1) is 0 Å². The third-order valence-electron chi connectivity index (χ3n) is 7.17. The summed E-state index contributed by atoms with van der Waals surface area (Å²) in [6.45, 7) is 0.0763. The first kappa shape index (κ1) is 30.7. The van der Waals surface area contributed by atoms with Gasteiger partial charge in [-0.05, 0) is 67.3 Å². The summed E-state index contributed by atoms with van der Waals surface area (Å²) in [4.78, 5) is 22.5. The van der Waals surface area contributed by atoms with Crippen LogP contribution in [0, 0.1) is 5.82 Å². The highest BCUT2D eigenvalue weighted by Crippen LogP contribution is 2.27. The average Bonchev–Trinajstić information content (AvgIpc) is 3.52. The van der Waals surface area contributed by atoms with Crippen molar-refractivity contribution in [3.63, 3.8) is 0 Å². The molecule has 1 fully saturated rings. The number of aliphatic hydroxyl groups is 1. The van der Waals surface area contributed by atoms with Crippen LogP contribution in [0.3, 0.4) is 0 Å². The number of aliphatic hydroxyl groups excluding tert-OH is 1. The highest BCUT2D eigenvalue weighted by molar-refractivity contribution is 9.10. The first-order chi connectivity index (χ1) is 20.7. The number of halogens is 2. The topological polar surface area (TPSA) is 125 Å². The molecule has 0 spiro atoms. The van der Waals surface area contributed by atoms with Gasteiger partial charge in [-0.25, -0.2) is 22.8 Å². The van der Waals surface area contributed by atoms with Crippen LogP contribution in [0.15, 0.2) is 94.3 Å². The zero-order chi connectivity index (χ0) is 30.4. The molecule has 0 unspecified atom stereocenters. The van der Waals surface area contributed by atoms with Crippen molar-refractivity contribution in [1.29, 1.82) is 0 Å². The van der Waals surface area contributed by atoms with E-state index in [1.54, 1.807) is 6.07 Å². The lowest BCUT2D eigenvalue weighted by Gasteiger charge is -2.23. The molecule has 1 aliphatic heterocycles. The van der Waals surface area contributed by atoms with Crippen molar-refractivity contribution in [2.24, 2.45) is 0 Å². The number of hydrogen-bond donors (Lipinski definition) is 3. The maximum absolute atomic E-state index is 13.4. The largest absolute Gasteiger partial charge is 0.394 e. The summed E-state index contributed by atoms with van der Waals surface area (Å²) >= 11 is 3.45. The molecule has 2 atom stereocenters. The van der Waals surface area contributed by atoms with Gasteiger partial charge in [-0.1, -0.05) is 58.4 Å². The van der Waals surface area contributed by atoms with Gasteiger partial charge < -0.3 is 15.7 Å². The van der Waals surface area contributed by atoms with Gasteiger partial charge in [0.25, 0.3) is 0 Å². The molecule has 9 nitrogen and oxygen atoms in total. The molecule has 2 heterocycles. The fourth-order valence-corrected chi connectivity index (χ4v) is 6.91. The van der Waals surface area contributed by atoms with Crippen LogP contribution in [0.25, 0.3) is 11.3 Å². The molecule has 1 aliphatic rings. The van der Waals surface area contributed by atoms with E-state index in [0.717, 1.165) is 27.7 Å². The second kappa shape index (κ2) is 13.7. The van der Waals surface area contributed by atoms with E-state index in [-0.39, 0.29) is 30.6 Å². The summed E-state index contributed by atoms with van der Waals surface area (Å²) in [5.74, 6) is -0.693. The molecule has 224 valence electrons. The molecule has 0 bridgehead atoms. The smallest absolute Gasteiger partial charge is 0.243 e. The van der Waals surface area contributed by atoms with Crippen molar-refractivity contribution in [1.82, 2.24) is 19.6 Å². The van der Waals surface area contributed by atoms with Gasteiger partial charge in [0.2, 0.25) is 21.9 Å². The Hall–Kier alpha value is -3.71. The van der Waals surface area contributed by atoms with Crippen LogP contribution >= 0.6 is 15.9 Å². The van der Waals surface area contributed by atoms with E-state index in [1.807, 2.05) is 54.6 Å². The predicted molar refractivity (Wildman–Crippen MR) is 165 cm³/mol. The van der Waals surface area contributed by atoms with Crippen LogP contribution < -0.4 is 10.6 Å². The van der Waals surface area contributed by atoms with E-state index < -0.39 is 27.8 Å². The Bertz CT molecular complexity index is 1660. The highest BCUT2D eigenvalue weighted by Gasteiger charge is 2.39. The Morgan fingerprint density at radius 3 is 2.47 bits per heavy atom. The molecule has 12 heteroatoms. The van der Waals surface area contributed by atoms with Gasteiger partial charge in [-0.3, -0.25) is 4.79 Å². The molecule has 3 N–H and O–H groups in total. The summed E-state index contributed by atoms with van der Waals surface area (Å²) in [5, 5.41) is 16.1. The lowest BCUT2D eigenvalue weighted by molar-refractivity contribution is -0.124. The number of rotatable bonds is 11. The molecule has 0 saturated carbocycles. The fourth-order valence-electron chi connectivity index (χ4n) is 4.99. The minimum absolute atomic E-state index is 0.0307. The van der Waals surface area contributed by atoms with Crippen molar-refractivity contribution >= 4 is 37.8 Å². The number of sulfonamides is 1. The molecule has 3 aromatic carbocycles. The maximum atomic E-state index is 13.4. The Morgan fingerprint density at radius 2 is 1.77 bits per heavy atom. The molecular weight excluding hydrogens is 637 g/mol. The zero-order valence-corrected chi connectivity index (χ0v) is 25.6. The van der Waals surface area contributed by atoms with Crippen LogP contribution in [0.5, 0.6) is 0 Å². The van der Waals surface area contributed by atoms with Crippen LogP contribution in [-0.2, 0) is 27.8 Å². The van der Waals surface area contributed by atoms with Crippen molar-refractivity contribution in [2.45, 2.75) is 42.8 Å². The first-order valence-electron chi connectivity index (χ1n) is 13.8. The van der Waals surface area contributed by atoms with Crippen LogP contribution in [0.1, 0.15) is 24.1 Å². The molecular formula is C31H31BrFN5O4S. The number of nitrogens with zero attached hydrogens (tertiary/aromatic N) is 3. The molecule has 1 saturated heterocycles. The highest BCUT2D eigenvalue weighted by atomic mass is 79.9. The number of benzene rings is 3. The van der Waals surface area contributed by atoms with E-state index >= 15 is 0 Å². The van der Waals surface area contributed by atoms with Crippen molar-refractivity contribution in [3.8, 4) is 11.3 Å². The van der Waals surface area contributed by atoms with E-state index in [0.29, 0.717) is 36.6 Å². The minimum Gasteiger partial charge on any atom is -0.394 e. The van der Waals surface area contributed by atoms with Crippen LogP contribution in [0.2, 0.25) is 0 Å². The lowest BCUT2D eigenvalue weighted by Crippen LogP contribution is -2.45. The summed E-state index contributed by atoms with van der Waals surface area (Å²) in [6.07, 6.45) is 1.44. The second-order valence-electron chi connectivity index (χ2n) is 10.2. The number of carbonyl (C=O) groups excluding carboxylic acids is 1. The maximum Gasteiger partial charge on any atom is 0.243 e. The standard InChI is InChI=1S/C31H31BrFN5O4S/c32-23-10-8-22(9-11-23)28-18-25(35-31(37-28)36-26(20-39)17-21-5-2-1-3-6-21)19-34-30(40)29-7-4-16-38(29)43(41,42)27-14-12-24(33)13-15-27/h1-3,5-6,8-15,18,26,29,39H,4,7,16-17,19-20H2,(H,34,40)(H,35,36,37)/t26-,29+/m1/s1. The van der Waals surface area contributed by atoms with E-state index in [4.69, 9.17) is 0 Å². The summed E-state index contributed by atoms with van der Waals surface area (Å²) in [6, 6.07) is 22.5. The quantitative estimate of drug-likeness (QED) is 0.215. The van der Waals surface area contributed by atoms with E-state index in [9.17, 15) is 22.7 Å². The fraction of sp³-hybridized carbons (Fsp3) is 0.258. The van der Waals surface area contributed by atoms with Gasteiger partial charge in [0.1, 0.15) is 11.9 Å². The van der Waals surface area contributed by atoms with Gasteiger partial charge in [0.05, 0.1) is 35.5 Å². The van der Waals surface area contributed by atoms with Crippen molar-refractivity contribution in [2.75, 3.05) is 18.5 Å². The number of aromatic nitrogens is 2. The van der Waals surface area contributed by atoms with Gasteiger partial charge >= 0.3 is 0 Å². The molecule has 0 radical (unpaired) electrons. The Morgan fingerprint density at radius 1 is 1.05 bits per heavy atom. The number of amides is 1. The molecule has 1 aromatic heterocycles. The Kier molecular flexibility index (Phi) is 9.81. The van der Waals surface area contributed by atoms with Crippen LogP contribution in [-0.4, -0.2) is 58.9 Å². The SMILES string of the molecule is O=C(NCc1cc(-c2ccc(Br)cc2)nc(N[C@@H](CO)Cc2ccccc2)n1)[C@@H]1CCCN1S(=O)(=O)c1ccc(F)cc1. The molecule has 5 rings (SSSR count). The third-order valence-corrected chi connectivity index (χ3v) is 9.62. The predicted octanol–water partition coefficient (Wildman–Crippen LogP) is 4.53. The number of hydrogen-bond acceptors (Lipinski definition) is 7. The summed E-state index contributed by atoms with van der Waals surface area (Å²) in [7, 11) is -3.99. The molecule has 1 amide bonds. The van der Waals surface area contributed by atoms with E-state index in [2.05, 4.69) is 36.5 Å². The summed E-state index contributed by atoms with van der Waals surface area (Å²) in [5.41, 5.74) is 3.00. The number of nitrogens with one attached hydrogen (secondary N) is 2. The average molecular weight is 669 g/mol. The monoisotopic (exact) mass is 667 g/mol. The van der Waals surface area contributed by atoms with E-state index in [1.165, 1.54) is 16.4 Å².